The summed E-state index contributed by atoms with van der Waals surface area (Å²) in [5.41, 5.74) is 0. The van der Waals surface area contributed by atoms with Gasteiger partial charge in [-0.05, 0) is 30.8 Å². The number of sulfonamides is 1. The Bertz CT molecular complexity index is 629. The quantitative estimate of drug-likeness (QED) is 0.859. The third kappa shape index (κ3) is 2.40. The molecule has 116 valence electrons. The van der Waals surface area contributed by atoms with E-state index in [-0.39, 0.29) is 23.9 Å². The molecular formula is C13H19N3O3S2. The number of likely N-dealkylation sites (N-methyl/N-ethyl adjacent to an activating group) is 2. The fourth-order valence-corrected chi connectivity index (χ4v) is 6.04. The molecule has 0 aliphatic carbocycles. The van der Waals surface area contributed by atoms with Crippen molar-refractivity contribution in [1.82, 2.24) is 14.5 Å². The highest BCUT2D eigenvalue weighted by Gasteiger charge is 2.49. The molecule has 2 aliphatic heterocycles. The number of carbonyl (C=O) groups excluding carboxylic acids is 1. The van der Waals surface area contributed by atoms with Gasteiger partial charge in [0.15, 0.2) is 0 Å². The first-order valence-corrected chi connectivity index (χ1v) is 9.24. The maximum Gasteiger partial charge on any atom is 0.252 e. The summed E-state index contributed by atoms with van der Waals surface area (Å²) in [6.07, 6.45) is 0.720. The van der Waals surface area contributed by atoms with Gasteiger partial charge in [0, 0.05) is 26.2 Å². The van der Waals surface area contributed by atoms with E-state index < -0.39 is 10.0 Å². The first-order valence-electron chi connectivity index (χ1n) is 6.92. The van der Waals surface area contributed by atoms with Crippen LogP contribution in [0.4, 0.5) is 0 Å². The average molecular weight is 329 g/mol. The van der Waals surface area contributed by atoms with Crippen LogP contribution in [0, 0.1) is 5.92 Å². The summed E-state index contributed by atoms with van der Waals surface area (Å²) in [5, 5.41) is 4.45. The molecule has 3 atom stereocenters. The highest BCUT2D eigenvalue weighted by molar-refractivity contribution is 7.91. The van der Waals surface area contributed by atoms with Gasteiger partial charge >= 0.3 is 0 Å². The highest BCUT2D eigenvalue weighted by Crippen LogP contribution is 2.37. The van der Waals surface area contributed by atoms with Crippen molar-refractivity contribution in [2.75, 3.05) is 27.2 Å². The molecule has 0 bridgehead atoms. The standard InChI is InChI=1S/C13H19N3O3S2/c1-14-13(17)10-6-9-7-16(8-11(9)15(10)2)21(18,19)12-4-3-5-20-12/h3-5,9-11H,6-8H2,1-2H3,(H,14,17)/t9-,10-,11+/m1/s1. The number of rotatable bonds is 3. The second-order valence-corrected chi connectivity index (χ2v) is 8.73. The van der Waals surface area contributed by atoms with E-state index in [1.54, 1.807) is 28.9 Å². The first kappa shape index (κ1) is 15.0. The summed E-state index contributed by atoms with van der Waals surface area (Å²) < 4.78 is 27.0. The summed E-state index contributed by atoms with van der Waals surface area (Å²) in [4.78, 5) is 13.9. The highest BCUT2D eigenvalue weighted by atomic mass is 32.2. The Morgan fingerprint density at radius 3 is 2.76 bits per heavy atom. The average Bonchev–Trinajstić information content (AvgIpc) is 3.15. The van der Waals surface area contributed by atoms with Crippen molar-refractivity contribution in [2.45, 2.75) is 22.7 Å². The summed E-state index contributed by atoms with van der Waals surface area (Å²) in [6, 6.07) is 3.38. The minimum absolute atomic E-state index is 0.0135. The van der Waals surface area contributed by atoms with Gasteiger partial charge < -0.3 is 5.32 Å². The van der Waals surface area contributed by atoms with Crippen LogP contribution >= 0.6 is 11.3 Å². The van der Waals surface area contributed by atoms with Crippen LogP contribution in [-0.4, -0.2) is 62.8 Å². The van der Waals surface area contributed by atoms with Crippen LogP contribution in [-0.2, 0) is 14.8 Å². The van der Waals surface area contributed by atoms with Gasteiger partial charge in [-0.3, -0.25) is 9.69 Å². The maximum atomic E-state index is 12.5. The number of likely N-dealkylation sites (tertiary alicyclic amines) is 1. The van der Waals surface area contributed by atoms with Crippen molar-refractivity contribution in [1.29, 1.82) is 0 Å². The normalized spacial score (nSPS) is 30.5. The molecule has 0 saturated carbocycles. The SMILES string of the molecule is CNC(=O)[C@H]1C[C@@H]2CN(S(=O)(=O)c3cccs3)C[C@@H]2N1C. The molecule has 2 saturated heterocycles. The summed E-state index contributed by atoms with van der Waals surface area (Å²) >= 11 is 1.25. The molecular weight excluding hydrogens is 310 g/mol. The second-order valence-electron chi connectivity index (χ2n) is 5.61. The van der Waals surface area contributed by atoms with Crippen LogP contribution in [0.2, 0.25) is 0 Å². The molecule has 0 aromatic carbocycles. The predicted octanol–water partition coefficient (Wildman–Crippen LogP) is 0.187. The van der Waals surface area contributed by atoms with E-state index in [2.05, 4.69) is 5.32 Å². The Balaban J connectivity index is 1.76. The number of thiophene rings is 1. The van der Waals surface area contributed by atoms with E-state index in [9.17, 15) is 13.2 Å². The van der Waals surface area contributed by atoms with Gasteiger partial charge in [0.2, 0.25) is 5.91 Å². The third-order valence-corrected chi connectivity index (χ3v) is 7.76. The van der Waals surface area contributed by atoms with E-state index >= 15 is 0 Å². The van der Waals surface area contributed by atoms with Crippen LogP contribution in [0.5, 0.6) is 0 Å². The Kier molecular flexibility index (Phi) is 3.81. The monoisotopic (exact) mass is 329 g/mol. The van der Waals surface area contributed by atoms with Crippen LogP contribution in [0.15, 0.2) is 21.7 Å². The summed E-state index contributed by atoms with van der Waals surface area (Å²) in [7, 11) is 0.166. The van der Waals surface area contributed by atoms with Crippen LogP contribution in [0.3, 0.4) is 0 Å². The summed E-state index contributed by atoms with van der Waals surface area (Å²) in [5.74, 6) is 0.242. The maximum absolute atomic E-state index is 12.5. The zero-order valence-electron chi connectivity index (χ0n) is 12.0. The van der Waals surface area contributed by atoms with Crippen molar-refractivity contribution in [3.8, 4) is 0 Å². The van der Waals surface area contributed by atoms with E-state index in [0.29, 0.717) is 17.3 Å². The number of amides is 1. The number of hydrogen-bond acceptors (Lipinski definition) is 5. The topological polar surface area (TPSA) is 69.7 Å². The van der Waals surface area contributed by atoms with E-state index in [0.717, 1.165) is 6.42 Å². The number of nitrogens with zero attached hydrogens (tertiary/aromatic N) is 2. The largest absolute Gasteiger partial charge is 0.358 e. The van der Waals surface area contributed by atoms with Crippen molar-refractivity contribution in [3.05, 3.63) is 17.5 Å². The lowest BCUT2D eigenvalue weighted by atomic mass is 10.0. The molecule has 1 aromatic rings. The first-order chi connectivity index (χ1) is 9.95. The lowest BCUT2D eigenvalue weighted by molar-refractivity contribution is -0.125. The second kappa shape index (κ2) is 5.35. The molecule has 6 nitrogen and oxygen atoms in total. The number of carbonyl (C=O) groups is 1. The van der Waals surface area contributed by atoms with Gasteiger partial charge in [0.05, 0.1) is 6.04 Å². The molecule has 1 N–H and O–H groups in total. The van der Waals surface area contributed by atoms with Crippen LogP contribution in [0.1, 0.15) is 6.42 Å². The molecule has 0 unspecified atom stereocenters. The molecule has 0 radical (unpaired) electrons. The van der Waals surface area contributed by atoms with Gasteiger partial charge in [0.25, 0.3) is 10.0 Å². The van der Waals surface area contributed by atoms with Crippen LogP contribution in [0.25, 0.3) is 0 Å². The zero-order chi connectivity index (χ0) is 15.2. The predicted molar refractivity (Wildman–Crippen MR) is 80.6 cm³/mol. The van der Waals surface area contributed by atoms with Crippen molar-refractivity contribution in [2.24, 2.45) is 5.92 Å². The summed E-state index contributed by atoms with van der Waals surface area (Å²) in [6.45, 7) is 0.970. The zero-order valence-corrected chi connectivity index (χ0v) is 13.7. The van der Waals surface area contributed by atoms with Crippen molar-refractivity contribution >= 4 is 27.3 Å². The van der Waals surface area contributed by atoms with E-state index in [1.807, 2.05) is 11.9 Å². The molecule has 0 spiro atoms. The van der Waals surface area contributed by atoms with E-state index in [1.165, 1.54) is 11.3 Å². The van der Waals surface area contributed by atoms with Crippen molar-refractivity contribution in [3.63, 3.8) is 0 Å². The fraction of sp³-hybridized carbons (Fsp3) is 0.615. The number of fused-ring (bicyclic) bond motifs is 1. The smallest absolute Gasteiger partial charge is 0.252 e. The molecule has 2 aliphatic rings. The Hall–Kier alpha value is -0.960. The van der Waals surface area contributed by atoms with Gasteiger partial charge in [-0.1, -0.05) is 6.07 Å². The third-order valence-electron chi connectivity index (χ3n) is 4.55. The van der Waals surface area contributed by atoms with Gasteiger partial charge in [0.1, 0.15) is 4.21 Å². The lowest BCUT2D eigenvalue weighted by Crippen LogP contribution is -2.45. The number of hydrogen-bond donors (Lipinski definition) is 1. The minimum Gasteiger partial charge on any atom is -0.358 e. The molecule has 3 heterocycles. The molecule has 21 heavy (non-hydrogen) atoms. The van der Waals surface area contributed by atoms with Gasteiger partial charge in [-0.25, -0.2) is 8.42 Å². The Labute approximate surface area is 128 Å². The Morgan fingerprint density at radius 1 is 1.43 bits per heavy atom. The van der Waals surface area contributed by atoms with Gasteiger partial charge in [-0.2, -0.15) is 4.31 Å². The number of nitrogens with one attached hydrogen (secondary N) is 1. The molecule has 2 fully saturated rings. The fourth-order valence-electron chi connectivity index (χ4n) is 3.38. The molecule has 3 rings (SSSR count). The molecule has 1 aromatic heterocycles. The van der Waals surface area contributed by atoms with Crippen LogP contribution < -0.4 is 5.32 Å². The lowest BCUT2D eigenvalue weighted by Gasteiger charge is -2.25. The van der Waals surface area contributed by atoms with E-state index in [4.69, 9.17) is 0 Å². The molecule has 8 heteroatoms. The van der Waals surface area contributed by atoms with Crippen molar-refractivity contribution < 1.29 is 13.2 Å². The molecule has 1 amide bonds. The van der Waals surface area contributed by atoms with Gasteiger partial charge in [-0.15, -0.1) is 11.3 Å². The minimum atomic E-state index is -3.38. The Morgan fingerprint density at radius 2 is 2.19 bits per heavy atom.